The van der Waals surface area contributed by atoms with Crippen molar-refractivity contribution in [2.75, 3.05) is 46.3 Å². The molecule has 3 aliphatic heterocycles. The van der Waals surface area contributed by atoms with E-state index in [0.29, 0.717) is 12.6 Å². The second-order valence-corrected chi connectivity index (χ2v) is 7.15. The Hall–Kier alpha value is -1.01. The molecule has 3 heterocycles. The van der Waals surface area contributed by atoms with Gasteiger partial charge in [-0.3, -0.25) is 4.79 Å². The van der Waals surface area contributed by atoms with Gasteiger partial charge >= 0.3 is 6.03 Å². The van der Waals surface area contributed by atoms with Crippen LogP contribution in [0.25, 0.3) is 0 Å². The van der Waals surface area contributed by atoms with Crippen LogP contribution in [0, 0.1) is 5.92 Å². The van der Waals surface area contributed by atoms with Gasteiger partial charge in [-0.2, -0.15) is 0 Å². The van der Waals surface area contributed by atoms with Crippen molar-refractivity contribution in [3.8, 4) is 0 Å². The third-order valence-corrected chi connectivity index (χ3v) is 5.52. The first-order valence-corrected chi connectivity index (χ1v) is 9.19. The number of nitrogens with zero attached hydrogens (tertiary/aromatic N) is 3. The van der Waals surface area contributed by atoms with Crippen molar-refractivity contribution >= 4 is 24.3 Å². The summed E-state index contributed by atoms with van der Waals surface area (Å²) in [5.74, 6) is 0.259. The quantitative estimate of drug-likeness (QED) is 0.832. The molecule has 7 heteroatoms. The van der Waals surface area contributed by atoms with Crippen LogP contribution in [0.4, 0.5) is 4.79 Å². The van der Waals surface area contributed by atoms with Crippen LogP contribution in [0.1, 0.15) is 38.5 Å². The molecule has 0 aromatic rings. The number of hydrogen-bond donors (Lipinski definition) is 1. The van der Waals surface area contributed by atoms with Crippen molar-refractivity contribution in [3.05, 3.63) is 0 Å². The minimum Gasteiger partial charge on any atom is -0.338 e. The molecule has 2 atom stereocenters. The van der Waals surface area contributed by atoms with Crippen molar-refractivity contribution in [3.63, 3.8) is 0 Å². The van der Waals surface area contributed by atoms with Gasteiger partial charge in [-0.25, -0.2) is 4.79 Å². The Kier molecular flexibility index (Phi) is 7.16. The fourth-order valence-electron chi connectivity index (χ4n) is 4.27. The minimum absolute atomic E-state index is 0. The molecule has 3 fully saturated rings. The number of urea groups is 1. The Labute approximate surface area is 151 Å². The fraction of sp³-hybridized carbons (Fsp3) is 0.882. The van der Waals surface area contributed by atoms with E-state index in [1.165, 1.54) is 0 Å². The van der Waals surface area contributed by atoms with Gasteiger partial charge < -0.3 is 20.0 Å². The molecule has 0 aliphatic carbocycles. The molecule has 0 radical (unpaired) electrons. The van der Waals surface area contributed by atoms with Gasteiger partial charge in [0.25, 0.3) is 0 Å². The molecular weight excluding hydrogens is 328 g/mol. The van der Waals surface area contributed by atoms with Gasteiger partial charge in [-0.05, 0) is 45.6 Å². The molecular formula is C17H31ClN4O2. The molecule has 3 rings (SSSR count). The van der Waals surface area contributed by atoms with Gasteiger partial charge in [-0.15, -0.1) is 12.4 Å². The van der Waals surface area contributed by atoms with Crippen LogP contribution in [-0.2, 0) is 4.79 Å². The number of rotatable bonds is 3. The topological polar surface area (TPSA) is 55.9 Å². The summed E-state index contributed by atoms with van der Waals surface area (Å²) < 4.78 is 0. The second-order valence-electron chi connectivity index (χ2n) is 7.15. The van der Waals surface area contributed by atoms with E-state index in [1.54, 1.807) is 0 Å². The largest absolute Gasteiger partial charge is 0.338 e. The maximum absolute atomic E-state index is 12.9. The Morgan fingerprint density at radius 2 is 1.62 bits per heavy atom. The first-order chi connectivity index (χ1) is 11.2. The first-order valence-electron chi connectivity index (χ1n) is 9.19. The summed E-state index contributed by atoms with van der Waals surface area (Å²) in [5.41, 5.74) is 0. The average Bonchev–Trinajstić information content (AvgIpc) is 3.26. The second kappa shape index (κ2) is 8.90. The van der Waals surface area contributed by atoms with E-state index < -0.39 is 0 Å². The van der Waals surface area contributed by atoms with E-state index in [1.807, 2.05) is 16.8 Å². The fourth-order valence-corrected chi connectivity index (χ4v) is 4.27. The van der Waals surface area contributed by atoms with E-state index >= 15 is 0 Å². The molecule has 1 N–H and O–H groups in total. The van der Waals surface area contributed by atoms with Gasteiger partial charge in [0.2, 0.25) is 5.91 Å². The summed E-state index contributed by atoms with van der Waals surface area (Å²) in [7, 11) is 1.94. The molecule has 2 unspecified atom stereocenters. The SMILES string of the molecule is CNCC1CCCN1C(=O)C1CCCN(C(=O)N2CCCC2)C1.Cl. The lowest BCUT2D eigenvalue weighted by Crippen LogP contribution is -2.51. The number of likely N-dealkylation sites (tertiary alicyclic amines) is 3. The van der Waals surface area contributed by atoms with E-state index in [9.17, 15) is 9.59 Å². The number of amides is 3. The van der Waals surface area contributed by atoms with Crippen LogP contribution < -0.4 is 5.32 Å². The van der Waals surface area contributed by atoms with Crippen molar-refractivity contribution in [2.24, 2.45) is 5.92 Å². The molecule has 0 saturated carbocycles. The molecule has 0 bridgehead atoms. The van der Waals surface area contributed by atoms with Gasteiger partial charge in [0.05, 0.1) is 5.92 Å². The van der Waals surface area contributed by atoms with Gasteiger partial charge in [0.15, 0.2) is 0 Å². The standard InChI is InChI=1S/C17H30N4O2.ClH/c1-18-12-15-7-5-11-21(15)16(22)14-6-4-10-20(13-14)17(23)19-8-2-3-9-19;/h14-15,18H,2-13H2,1H3;1H. The minimum atomic E-state index is -0.00670. The zero-order valence-electron chi connectivity index (χ0n) is 14.7. The number of carbonyl (C=O) groups is 2. The molecule has 0 aromatic carbocycles. The highest BCUT2D eigenvalue weighted by atomic mass is 35.5. The van der Waals surface area contributed by atoms with Gasteiger partial charge in [0, 0.05) is 45.3 Å². The Bertz CT molecular complexity index is 442. The molecule has 0 aromatic heterocycles. The highest BCUT2D eigenvalue weighted by Crippen LogP contribution is 2.25. The molecule has 138 valence electrons. The van der Waals surface area contributed by atoms with E-state index in [-0.39, 0.29) is 30.3 Å². The number of halogens is 1. The van der Waals surface area contributed by atoms with Crippen LogP contribution >= 0.6 is 12.4 Å². The Morgan fingerprint density at radius 3 is 2.33 bits per heavy atom. The van der Waals surface area contributed by atoms with Crippen LogP contribution in [0.3, 0.4) is 0 Å². The van der Waals surface area contributed by atoms with E-state index in [2.05, 4.69) is 10.2 Å². The van der Waals surface area contributed by atoms with Crippen LogP contribution in [-0.4, -0.2) is 79.0 Å². The highest BCUT2D eigenvalue weighted by molar-refractivity contribution is 5.85. The number of hydrogen-bond acceptors (Lipinski definition) is 3. The molecule has 0 spiro atoms. The Morgan fingerprint density at radius 1 is 0.958 bits per heavy atom. The smallest absolute Gasteiger partial charge is 0.320 e. The molecule has 24 heavy (non-hydrogen) atoms. The summed E-state index contributed by atoms with van der Waals surface area (Å²) >= 11 is 0. The number of likely N-dealkylation sites (N-methyl/N-ethyl adjacent to an activating group) is 1. The zero-order valence-corrected chi connectivity index (χ0v) is 15.5. The predicted octanol–water partition coefficient (Wildman–Crippen LogP) is 1.55. The molecule has 3 saturated heterocycles. The zero-order chi connectivity index (χ0) is 16.2. The van der Waals surface area contributed by atoms with Crippen molar-refractivity contribution in [2.45, 2.75) is 44.6 Å². The molecule has 3 aliphatic rings. The molecule has 6 nitrogen and oxygen atoms in total. The maximum atomic E-state index is 12.9. The lowest BCUT2D eigenvalue weighted by molar-refractivity contribution is -0.137. The maximum Gasteiger partial charge on any atom is 0.320 e. The highest BCUT2D eigenvalue weighted by Gasteiger charge is 2.36. The van der Waals surface area contributed by atoms with E-state index in [0.717, 1.165) is 71.2 Å². The van der Waals surface area contributed by atoms with Crippen molar-refractivity contribution in [1.82, 2.24) is 20.0 Å². The van der Waals surface area contributed by atoms with Gasteiger partial charge in [0.1, 0.15) is 0 Å². The predicted molar refractivity (Wildman–Crippen MR) is 96.4 cm³/mol. The average molecular weight is 359 g/mol. The summed E-state index contributed by atoms with van der Waals surface area (Å²) in [6, 6.07) is 0.477. The number of carbonyl (C=O) groups excluding carboxylic acids is 2. The number of piperidine rings is 1. The summed E-state index contributed by atoms with van der Waals surface area (Å²) in [4.78, 5) is 31.4. The summed E-state index contributed by atoms with van der Waals surface area (Å²) in [6.07, 6.45) is 6.28. The third-order valence-electron chi connectivity index (χ3n) is 5.52. The van der Waals surface area contributed by atoms with E-state index in [4.69, 9.17) is 0 Å². The van der Waals surface area contributed by atoms with Crippen molar-refractivity contribution in [1.29, 1.82) is 0 Å². The molecule has 3 amide bonds. The van der Waals surface area contributed by atoms with Gasteiger partial charge in [-0.1, -0.05) is 0 Å². The summed E-state index contributed by atoms with van der Waals surface area (Å²) in [5, 5.41) is 3.20. The third kappa shape index (κ3) is 4.14. The summed E-state index contributed by atoms with van der Waals surface area (Å²) in [6.45, 7) is 4.92. The Balaban J connectivity index is 0.00000208. The van der Waals surface area contributed by atoms with Crippen molar-refractivity contribution < 1.29 is 9.59 Å². The normalized spacial score (nSPS) is 27.3. The van der Waals surface area contributed by atoms with Crippen LogP contribution in [0.15, 0.2) is 0 Å². The van der Waals surface area contributed by atoms with Crippen LogP contribution in [0.5, 0.6) is 0 Å². The first kappa shape index (κ1) is 19.3. The lowest BCUT2D eigenvalue weighted by Gasteiger charge is -2.37. The monoisotopic (exact) mass is 358 g/mol. The van der Waals surface area contributed by atoms with Crippen LogP contribution in [0.2, 0.25) is 0 Å². The lowest BCUT2D eigenvalue weighted by atomic mass is 9.96. The number of nitrogens with one attached hydrogen (secondary N) is 1.